The first-order chi connectivity index (χ1) is 7.58. The van der Waals surface area contributed by atoms with Gasteiger partial charge in [0.15, 0.2) is 5.69 Å². The Morgan fingerprint density at radius 3 is 2.81 bits per heavy atom. The molecule has 1 heterocycles. The summed E-state index contributed by atoms with van der Waals surface area (Å²) < 4.78 is 5.27. The molecule has 0 saturated heterocycles. The summed E-state index contributed by atoms with van der Waals surface area (Å²) in [6, 6.07) is 6.92. The molecular formula is C11H10N2O3. The topological polar surface area (TPSA) is 89.4 Å². The average molecular weight is 218 g/mol. The molecule has 0 aliphatic rings. The highest BCUT2D eigenvalue weighted by Crippen LogP contribution is 2.23. The fraction of sp³-hybridized carbons (Fsp3) is 0.0909. The first-order valence-corrected chi connectivity index (χ1v) is 4.64. The highest BCUT2D eigenvalue weighted by molar-refractivity contribution is 5.87. The number of aromatic carboxylic acids is 1. The molecule has 0 radical (unpaired) electrons. The number of nitrogens with zero attached hydrogens (tertiary/aromatic N) is 1. The van der Waals surface area contributed by atoms with Gasteiger partial charge in [0.1, 0.15) is 5.76 Å². The molecule has 5 nitrogen and oxygen atoms in total. The van der Waals surface area contributed by atoms with Gasteiger partial charge < -0.3 is 15.3 Å². The van der Waals surface area contributed by atoms with Crippen LogP contribution >= 0.6 is 0 Å². The van der Waals surface area contributed by atoms with Crippen LogP contribution in [-0.4, -0.2) is 16.1 Å². The second-order valence-corrected chi connectivity index (χ2v) is 3.35. The van der Waals surface area contributed by atoms with Crippen LogP contribution in [0, 0.1) is 6.92 Å². The molecule has 0 amide bonds. The summed E-state index contributed by atoms with van der Waals surface area (Å²) in [5.41, 5.74) is 6.78. The number of hydrogen-bond donors (Lipinski definition) is 2. The molecule has 82 valence electrons. The third kappa shape index (κ3) is 1.75. The third-order valence-electron chi connectivity index (χ3n) is 2.13. The number of benzene rings is 1. The van der Waals surface area contributed by atoms with Crippen molar-refractivity contribution in [2.45, 2.75) is 6.92 Å². The van der Waals surface area contributed by atoms with Crippen molar-refractivity contribution in [1.29, 1.82) is 0 Å². The number of carboxylic acid groups (broad SMARTS) is 1. The Morgan fingerprint density at radius 1 is 1.50 bits per heavy atom. The molecule has 5 heteroatoms. The van der Waals surface area contributed by atoms with Crippen LogP contribution in [-0.2, 0) is 0 Å². The number of carbonyl (C=O) groups is 1. The molecule has 16 heavy (non-hydrogen) atoms. The van der Waals surface area contributed by atoms with Crippen molar-refractivity contribution in [3.8, 4) is 11.5 Å². The number of hydrogen-bond acceptors (Lipinski definition) is 4. The molecule has 0 aliphatic carbocycles. The molecule has 0 fully saturated rings. The third-order valence-corrected chi connectivity index (χ3v) is 2.13. The largest absolute Gasteiger partial charge is 0.476 e. The lowest BCUT2D eigenvalue weighted by Crippen LogP contribution is -1.98. The van der Waals surface area contributed by atoms with Crippen LogP contribution < -0.4 is 5.73 Å². The summed E-state index contributed by atoms with van der Waals surface area (Å²) in [7, 11) is 0. The Kier molecular flexibility index (Phi) is 2.36. The van der Waals surface area contributed by atoms with E-state index in [1.54, 1.807) is 31.2 Å². The van der Waals surface area contributed by atoms with E-state index in [2.05, 4.69) is 4.98 Å². The number of aryl methyl sites for hydroxylation is 1. The van der Waals surface area contributed by atoms with E-state index in [-0.39, 0.29) is 17.3 Å². The van der Waals surface area contributed by atoms with E-state index >= 15 is 0 Å². The molecule has 0 unspecified atom stereocenters. The molecule has 2 aromatic rings. The molecule has 1 aromatic heterocycles. The van der Waals surface area contributed by atoms with Gasteiger partial charge in [0.2, 0.25) is 5.89 Å². The lowest BCUT2D eigenvalue weighted by molar-refractivity contribution is 0.0689. The second kappa shape index (κ2) is 3.69. The molecule has 0 aliphatic heterocycles. The number of anilines is 1. The van der Waals surface area contributed by atoms with Gasteiger partial charge in [0.25, 0.3) is 0 Å². The van der Waals surface area contributed by atoms with Crippen LogP contribution in [0.2, 0.25) is 0 Å². The van der Waals surface area contributed by atoms with Gasteiger partial charge in [-0.3, -0.25) is 0 Å². The first-order valence-electron chi connectivity index (χ1n) is 4.64. The van der Waals surface area contributed by atoms with Gasteiger partial charge in [-0.25, -0.2) is 9.78 Å². The SMILES string of the molecule is Cc1oc(-c2cccc(N)c2)nc1C(=O)O. The van der Waals surface area contributed by atoms with Crippen LogP contribution in [0.5, 0.6) is 0 Å². The van der Waals surface area contributed by atoms with Gasteiger partial charge in [-0.15, -0.1) is 0 Å². The zero-order chi connectivity index (χ0) is 11.7. The van der Waals surface area contributed by atoms with E-state index in [4.69, 9.17) is 15.3 Å². The van der Waals surface area contributed by atoms with E-state index in [0.717, 1.165) is 0 Å². The number of rotatable bonds is 2. The number of carboxylic acids is 1. The smallest absolute Gasteiger partial charge is 0.358 e. The summed E-state index contributed by atoms with van der Waals surface area (Å²) >= 11 is 0. The van der Waals surface area contributed by atoms with Gasteiger partial charge in [0, 0.05) is 11.3 Å². The fourth-order valence-electron chi connectivity index (χ4n) is 1.39. The Morgan fingerprint density at radius 2 is 2.25 bits per heavy atom. The Balaban J connectivity index is 2.49. The zero-order valence-corrected chi connectivity index (χ0v) is 8.60. The summed E-state index contributed by atoms with van der Waals surface area (Å²) in [5, 5.41) is 8.83. The number of aromatic nitrogens is 1. The van der Waals surface area contributed by atoms with Crippen molar-refractivity contribution in [1.82, 2.24) is 4.98 Å². The maximum atomic E-state index is 10.8. The maximum absolute atomic E-state index is 10.8. The molecule has 3 N–H and O–H groups in total. The average Bonchev–Trinajstić information content (AvgIpc) is 2.60. The lowest BCUT2D eigenvalue weighted by Gasteiger charge is -1.96. The first kappa shape index (κ1) is 10.2. The number of nitrogen functional groups attached to an aromatic ring is 1. The van der Waals surface area contributed by atoms with E-state index in [0.29, 0.717) is 11.3 Å². The predicted molar refractivity (Wildman–Crippen MR) is 58.0 cm³/mol. The summed E-state index contributed by atoms with van der Waals surface area (Å²) in [4.78, 5) is 14.7. The highest BCUT2D eigenvalue weighted by Gasteiger charge is 2.16. The molecule has 0 spiro atoms. The summed E-state index contributed by atoms with van der Waals surface area (Å²) in [6.07, 6.45) is 0. The minimum atomic E-state index is -1.10. The minimum Gasteiger partial charge on any atom is -0.476 e. The van der Waals surface area contributed by atoms with Crippen LogP contribution in [0.4, 0.5) is 5.69 Å². The van der Waals surface area contributed by atoms with Crippen molar-refractivity contribution in [2.75, 3.05) is 5.73 Å². The van der Waals surface area contributed by atoms with Crippen LogP contribution in [0.25, 0.3) is 11.5 Å². The number of nitrogens with two attached hydrogens (primary N) is 1. The standard InChI is InChI=1S/C11H10N2O3/c1-6-9(11(14)15)13-10(16-6)7-3-2-4-8(12)5-7/h2-5H,12H2,1H3,(H,14,15). The molecule has 0 saturated carbocycles. The molecular weight excluding hydrogens is 208 g/mol. The summed E-state index contributed by atoms with van der Waals surface area (Å²) in [6.45, 7) is 1.56. The minimum absolute atomic E-state index is 0.0718. The van der Waals surface area contributed by atoms with Gasteiger partial charge in [0.05, 0.1) is 0 Å². The Bertz CT molecular complexity index is 546. The summed E-state index contributed by atoms with van der Waals surface area (Å²) in [5.74, 6) is -0.552. The fourth-order valence-corrected chi connectivity index (χ4v) is 1.39. The molecule has 0 atom stereocenters. The Labute approximate surface area is 91.5 Å². The predicted octanol–water partition coefficient (Wildman–Crippen LogP) is 1.93. The lowest BCUT2D eigenvalue weighted by atomic mass is 10.2. The monoisotopic (exact) mass is 218 g/mol. The van der Waals surface area contributed by atoms with Crippen LogP contribution in [0.1, 0.15) is 16.2 Å². The quantitative estimate of drug-likeness (QED) is 0.751. The molecule has 2 rings (SSSR count). The van der Waals surface area contributed by atoms with Gasteiger partial charge >= 0.3 is 5.97 Å². The second-order valence-electron chi connectivity index (χ2n) is 3.35. The van der Waals surface area contributed by atoms with E-state index in [1.807, 2.05) is 0 Å². The van der Waals surface area contributed by atoms with E-state index < -0.39 is 5.97 Å². The molecule has 0 bridgehead atoms. The van der Waals surface area contributed by atoms with Crippen molar-refractivity contribution in [3.05, 3.63) is 35.7 Å². The Hall–Kier alpha value is -2.30. The van der Waals surface area contributed by atoms with Crippen LogP contribution in [0.15, 0.2) is 28.7 Å². The van der Waals surface area contributed by atoms with E-state index in [9.17, 15) is 4.79 Å². The van der Waals surface area contributed by atoms with Gasteiger partial charge in [-0.2, -0.15) is 0 Å². The zero-order valence-electron chi connectivity index (χ0n) is 8.60. The van der Waals surface area contributed by atoms with Gasteiger partial charge in [-0.05, 0) is 25.1 Å². The highest BCUT2D eigenvalue weighted by atomic mass is 16.4. The van der Waals surface area contributed by atoms with Crippen molar-refractivity contribution in [3.63, 3.8) is 0 Å². The number of oxazole rings is 1. The van der Waals surface area contributed by atoms with Crippen molar-refractivity contribution < 1.29 is 14.3 Å². The molecule has 1 aromatic carbocycles. The van der Waals surface area contributed by atoms with Crippen molar-refractivity contribution >= 4 is 11.7 Å². The maximum Gasteiger partial charge on any atom is 0.358 e. The van der Waals surface area contributed by atoms with Crippen LogP contribution in [0.3, 0.4) is 0 Å². The van der Waals surface area contributed by atoms with Crippen molar-refractivity contribution in [2.24, 2.45) is 0 Å². The van der Waals surface area contributed by atoms with Gasteiger partial charge in [-0.1, -0.05) is 6.07 Å². The normalized spacial score (nSPS) is 10.3. The van der Waals surface area contributed by atoms with E-state index in [1.165, 1.54) is 0 Å².